The number of carbonyl (C=O) groups is 1. The van der Waals surface area contributed by atoms with Crippen molar-refractivity contribution in [3.05, 3.63) is 131 Å². The Bertz CT molecular complexity index is 1650. The van der Waals surface area contributed by atoms with Gasteiger partial charge in [-0.1, -0.05) is 106 Å². The van der Waals surface area contributed by atoms with E-state index in [0.29, 0.717) is 12.5 Å². The smallest absolute Gasteiger partial charge is 0.227 e. The largest absolute Gasteiger partial charge is 0.493 e. The average Bonchev–Trinajstić information content (AvgIpc) is 3.16. The van der Waals surface area contributed by atoms with E-state index in [1.807, 2.05) is 6.92 Å². The summed E-state index contributed by atoms with van der Waals surface area (Å²) in [5.41, 5.74) is 5.72. The molecule has 288 valence electrons. The van der Waals surface area contributed by atoms with Crippen LogP contribution in [0.5, 0.6) is 11.5 Å². The number of halogens is 3. The summed E-state index contributed by atoms with van der Waals surface area (Å²) < 4.78 is 25.1. The standard InChI is InChI=1S/C45H57FN2O3.2ClH/c1-33(2)15-12-27-45(40-32-42(51-5)41(50-4)31-36(40)24-30-48-45)28-13-25-44(37-16-8-6-9-17-37,38-18-10-7-11-19-38)26-14-29-47-43(49)34(3)35-20-22-39(46)23-21-35;;/h6-11,16-23,31-34,48H,12-15,24-30H2,1-5H3,(H,47,49);2*1H. The molecule has 1 heterocycles. The topological polar surface area (TPSA) is 59.6 Å². The lowest BCUT2D eigenvalue weighted by molar-refractivity contribution is -0.122. The first-order chi connectivity index (χ1) is 24.7. The number of benzene rings is 4. The van der Waals surface area contributed by atoms with Crippen LogP contribution in [0.3, 0.4) is 0 Å². The monoisotopic (exact) mass is 764 g/mol. The van der Waals surface area contributed by atoms with E-state index in [-0.39, 0.29) is 53.4 Å². The van der Waals surface area contributed by atoms with Crippen LogP contribution in [0.2, 0.25) is 0 Å². The number of carbonyl (C=O) groups excluding carboxylic acids is 1. The van der Waals surface area contributed by atoms with Gasteiger partial charge >= 0.3 is 0 Å². The van der Waals surface area contributed by atoms with E-state index in [9.17, 15) is 9.18 Å². The summed E-state index contributed by atoms with van der Waals surface area (Å²) in [6.07, 6.45) is 9.07. The molecule has 2 N–H and O–H groups in total. The number of hydrogen-bond donors (Lipinski definition) is 2. The Balaban J connectivity index is 0.00000378. The Morgan fingerprint density at radius 1 is 0.811 bits per heavy atom. The van der Waals surface area contributed by atoms with Crippen LogP contribution in [0.1, 0.15) is 106 Å². The van der Waals surface area contributed by atoms with Crippen molar-refractivity contribution in [2.45, 2.75) is 95.4 Å². The molecule has 4 aromatic carbocycles. The molecule has 0 bridgehead atoms. The lowest BCUT2D eigenvalue weighted by Crippen LogP contribution is -2.47. The van der Waals surface area contributed by atoms with E-state index in [4.69, 9.17) is 9.47 Å². The normalized spacial score (nSPS) is 15.8. The minimum atomic E-state index is -0.352. The van der Waals surface area contributed by atoms with Crippen LogP contribution in [0.25, 0.3) is 0 Å². The van der Waals surface area contributed by atoms with Gasteiger partial charge in [0.05, 0.1) is 20.1 Å². The van der Waals surface area contributed by atoms with Gasteiger partial charge in [0.15, 0.2) is 11.5 Å². The highest BCUT2D eigenvalue weighted by Crippen LogP contribution is 2.46. The van der Waals surface area contributed by atoms with Gasteiger partial charge in [0.25, 0.3) is 0 Å². The van der Waals surface area contributed by atoms with Gasteiger partial charge in [0.2, 0.25) is 5.91 Å². The van der Waals surface area contributed by atoms with Crippen molar-refractivity contribution in [1.29, 1.82) is 0 Å². The third kappa shape index (κ3) is 10.8. The summed E-state index contributed by atoms with van der Waals surface area (Å²) in [5, 5.41) is 7.23. The average molecular weight is 766 g/mol. The van der Waals surface area contributed by atoms with E-state index in [0.717, 1.165) is 75.0 Å². The summed E-state index contributed by atoms with van der Waals surface area (Å²) in [5.74, 6) is 1.54. The molecular weight excluding hydrogens is 706 g/mol. The molecule has 5 rings (SSSR count). The van der Waals surface area contributed by atoms with Crippen LogP contribution in [-0.2, 0) is 22.2 Å². The molecule has 0 radical (unpaired) electrons. The van der Waals surface area contributed by atoms with Crippen LogP contribution in [0.15, 0.2) is 97.1 Å². The summed E-state index contributed by atoms with van der Waals surface area (Å²) >= 11 is 0. The molecule has 1 aliphatic heterocycles. The molecule has 8 heteroatoms. The summed E-state index contributed by atoms with van der Waals surface area (Å²) in [6.45, 7) is 8.00. The minimum Gasteiger partial charge on any atom is -0.493 e. The second-order valence-electron chi connectivity index (χ2n) is 14.7. The molecule has 2 unspecified atom stereocenters. The molecule has 1 aliphatic rings. The Morgan fingerprint density at radius 2 is 1.38 bits per heavy atom. The maximum atomic E-state index is 13.5. The number of fused-ring (bicyclic) bond motifs is 1. The van der Waals surface area contributed by atoms with E-state index in [1.165, 1.54) is 40.8 Å². The van der Waals surface area contributed by atoms with Gasteiger partial charge < -0.3 is 20.1 Å². The summed E-state index contributed by atoms with van der Waals surface area (Å²) in [6, 6.07) is 32.5. The number of rotatable bonds is 18. The molecule has 0 saturated carbocycles. The molecule has 0 aliphatic carbocycles. The van der Waals surface area contributed by atoms with Crippen LogP contribution < -0.4 is 20.1 Å². The number of methoxy groups -OCH3 is 2. The zero-order valence-corrected chi connectivity index (χ0v) is 33.7. The van der Waals surface area contributed by atoms with Crippen molar-refractivity contribution in [2.75, 3.05) is 27.3 Å². The molecular formula is C45H59Cl2FN2O3. The number of nitrogens with one attached hydrogen (secondary N) is 2. The van der Waals surface area contributed by atoms with Gasteiger partial charge in [-0.05, 0) is 103 Å². The zero-order valence-electron chi connectivity index (χ0n) is 32.1. The van der Waals surface area contributed by atoms with Crippen LogP contribution >= 0.6 is 24.8 Å². The van der Waals surface area contributed by atoms with Gasteiger partial charge in [-0.25, -0.2) is 4.39 Å². The Hall–Kier alpha value is -3.58. The van der Waals surface area contributed by atoms with Crippen molar-refractivity contribution in [3.8, 4) is 11.5 Å². The van der Waals surface area contributed by atoms with Crippen molar-refractivity contribution in [2.24, 2.45) is 5.92 Å². The highest BCUT2D eigenvalue weighted by Gasteiger charge is 2.39. The molecule has 2 atom stereocenters. The molecule has 0 fully saturated rings. The lowest BCUT2D eigenvalue weighted by Gasteiger charge is -2.43. The van der Waals surface area contributed by atoms with Gasteiger partial charge in [0, 0.05) is 24.0 Å². The molecule has 5 nitrogen and oxygen atoms in total. The third-order valence-electron chi connectivity index (χ3n) is 11.1. The quantitative estimate of drug-likeness (QED) is 0.0991. The summed E-state index contributed by atoms with van der Waals surface area (Å²) in [4.78, 5) is 13.2. The Labute approximate surface area is 329 Å². The lowest BCUT2D eigenvalue weighted by atomic mass is 9.66. The number of hydrogen-bond acceptors (Lipinski definition) is 4. The Morgan fingerprint density at radius 3 is 1.96 bits per heavy atom. The number of ether oxygens (including phenoxy) is 2. The first kappa shape index (κ1) is 43.8. The van der Waals surface area contributed by atoms with Crippen LogP contribution in [0, 0.1) is 11.7 Å². The Kier molecular flexibility index (Phi) is 17.2. The number of amides is 1. The highest BCUT2D eigenvalue weighted by atomic mass is 35.5. The fourth-order valence-corrected chi connectivity index (χ4v) is 8.22. The van der Waals surface area contributed by atoms with Crippen LogP contribution in [-0.4, -0.2) is 33.2 Å². The van der Waals surface area contributed by atoms with Crippen LogP contribution in [0.4, 0.5) is 4.39 Å². The molecule has 53 heavy (non-hydrogen) atoms. The zero-order chi connectivity index (χ0) is 36.3. The van der Waals surface area contributed by atoms with Gasteiger partial charge in [-0.3, -0.25) is 4.79 Å². The maximum Gasteiger partial charge on any atom is 0.227 e. The van der Waals surface area contributed by atoms with E-state index in [2.05, 4.69) is 97.3 Å². The molecule has 0 aromatic heterocycles. The molecule has 1 amide bonds. The van der Waals surface area contributed by atoms with Crippen molar-refractivity contribution in [3.63, 3.8) is 0 Å². The van der Waals surface area contributed by atoms with Crippen molar-refractivity contribution < 1.29 is 18.7 Å². The summed E-state index contributed by atoms with van der Waals surface area (Å²) in [7, 11) is 3.44. The van der Waals surface area contributed by atoms with Gasteiger partial charge in [-0.2, -0.15) is 0 Å². The second-order valence-corrected chi connectivity index (χ2v) is 14.7. The van der Waals surface area contributed by atoms with E-state index < -0.39 is 0 Å². The first-order valence-corrected chi connectivity index (χ1v) is 18.9. The molecule has 4 aromatic rings. The molecule has 0 spiro atoms. The van der Waals surface area contributed by atoms with E-state index >= 15 is 0 Å². The predicted molar refractivity (Wildman–Crippen MR) is 221 cm³/mol. The fraction of sp³-hybridized carbons (Fsp3) is 0.444. The van der Waals surface area contributed by atoms with Crippen molar-refractivity contribution >= 4 is 30.7 Å². The minimum absolute atomic E-state index is 0. The van der Waals surface area contributed by atoms with Gasteiger partial charge in [0.1, 0.15) is 5.82 Å². The first-order valence-electron chi connectivity index (χ1n) is 18.9. The highest BCUT2D eigenvalue weighted by molar-refractivity contribution is 5.85. The van der Waals surface area contributed by atoms with E-state index in [1.54, 1.807) is 26.4 Å². The van der Waals surface area contributed by atoms with Gasteiger partial charge in [-0.15, -0.1) is 24.8 Å². The van der Waals surface area contributed by atoms with Crippen molar-refractivity contribution in [1.82, 2.24) is 10.6 Å². The SMILES string of the molecule is COc1cc2c(cc1OC)C(CCCC(C)C)(CCCC(CCCNC(=O)C(C)c1ccc(F)cc1)(c1ccccc1)c1ccccc1)NCC2.Cl.Cl. The molecule has 0 saturated heterocycles. The maximum absolute atomic E-state index is 13.5. The predicted octanol–water partition coefficient (Wildman–Crippen LogP) is 10.7. The fourth-order valence-electron chi connectivity index (χ4n) is 8.22. The third-order valence-corrected chi connectivity index (χ3v) is 11.1. The second kappa shape index (κ2) is 20.8.